The molecule has 0 bridgehead atoms. The molecule has 26 heavy (non-hydrogen) atoms. The molecule has 2 N–H and O–H groups in total. The number of methoxy groups -OCH3 is 1. The van der Waals surface area contributed by atoms with Gasteiger partial charge in [0.05, 0.1) is 12.8 Å². The van der Waals surface area contributed by atoms with Crippen LogP contribution in [0.3, 0.4) is 0 Å². The Balaban J connectivity index is 1.63. The lowest BCUT2D eigenvalue weighted by molar-refractivity contribution is -0.114. The zero-order valence-corrected chi connectivity index (χ0v) is 15.0. The van der Waals surface area contributed by atoms with Gasteiger partial charge in [0, 0.05) is 24.6 Å². The molecule has 6 nitrogen and oxygen atoms in total. The number of rotatable bonds is 6. The predicted molar refractivity (Wildman–Crippen MR) is 100 cm³/mol. The summed E-state index contributed by atoms with van der Waals surface area (Å²) in [6, 6.07) is 8.86. The van der Waals surface area contributed by atoms with Crippen molar-refractivity contribution in [2.75, 3.05) is 17.7 Å². The van der Waals surface area contributed by atoms with E-state index in [1.807, 2.05) is 12.1 Å². The van der Waals surface area contributed by atoms with Crippen molar-refractivity contribution in [3.63, 3.8) is 0 Å². The largest absolute Gasteiger partial charge is 0.495 e. The lowest BCUT2D eigenvalue weighted by Gasteiger charge is -2.11. The van der Waals surface area contributed by atoms with Gasteiger partial charge in [-0.2, -0.15) is 0 Å². The van der Waals surface area contributed by atoms with Gasteiger partial charge in [0.1, 0.15) is 17.3 Å². The Labute approximate surface area is 152 Å². The molecule has 136 valence electrons. The molecule has 1 aliphatic rings. The van der Waals surface area contributed by atoms with Crippen LogP contribution in [-0.4, -0.2) is 18.9 Å². The summed E-state index contributed by atoms with van der Waals surface area (Å²) < 4.78 is 10.9. The summed E-state index contributed by atoms with van der Waals surface area (Å²) in [6.45, 7) is 3.60. The minimum Gasteiger partial charge on any atom is -0.495 e. The summed E-state index contributed by atoms with van der Waals surface area (Å²) in [6.07, 6.45) is 4.22. The van der Waals surface area contributed by atoms with E-state index in [-0.39, 0.29) is 11.8 Å². The highest BCUT2D eigenvalue weighted by molar-refractivity contribution is 6.02. The lowest BCUT2D eigenvalue weighted by Crippen LogP contribution is -2.10. The van der Waals surface area contributed by atoms with Crippen molar-refractivity contribution in [2.24, 2.45) is 5.92 Å². The molecule has 1 heterocycles. The van der Waals surface area contributed by atoms with Crippen LogP contribution in [0.5, 0.6) is 5.75 Å². The molecular weight excluding hydrogens is 332 g/mol. The molecule has 0 saturated heterocycles. The zero-order chi connectivity index (χ0) is 18.7. The van der Waals surface area contributed by atoms with E-state index in [4.69, 9.17) is 9.15 Å². The monoisotopic (exact) mass is 354 g/mol. The van der Waals surface area contributed by atoms with Gasteiger partial charge < -0.3 is 19.8 Å². The minimum absolute atomic E-state index is 0.217. The van der Waals surface area contributed by atoms with Crippen molar-refractivity contribution >= 4 is 29.3 Å². The molecule has 3 rings (SSSR count). The maximum Gasteiger partial charge on any atom is 0.248 e. The van der Waals surface area contributed by atoms with Gasteiger partial charge in [-0.3, -0.25) is 9.59 Å². The average molecular weight is 354 g/mol. The number of carbonyl (C=O) groups is 2. The van der Waals surface area contributed by atoms with E-state index in [1.54, 1.807) is 24.3 Å². The first-order valence-corrected chi connectivity index (χ1v) is 8.50. The summed E-state index contributed by atoms with van der Waals surface area (Å²) >= 11 is 0. The van der Waals surface area contributed by atoms with E-state index < -0.39 is 0 Å². The number of amides is 2. The number of ether oxygens (including phenoxy) is 1. The van der Waals surface area contributed by atoms with Crippen LogP contribution in [0.1, 0.15) is 37.7 Å². The van der Waals surface area contributed by atoms with Gasteiger partial charge >= 0.3 is 0 Å². The topological polar surface area (TPSA) is 80.6 Å². The second-order valence-corrected chi connectivity index (χ2v) is 6.48. The highest BCUT2D eigenvalue weighted by Gasteiger charge is 2.36. The van der Waals surface area contributed by atoms with E-state index in [0.717, 1.165) is 12.2 Å². The third kappa shape index (κ3) is 4.33. The Morgan fingerprint density at radius 1 is 1.23 bits per heavy atom. The Hall–Kier alpha value is -3.02. The third-order valence-electron chi connectivity index (χ3n) is 4.30. The number of anilines is 2. The van der Waals surface area contributed by atoms with Crippen molar-refractivity contribution in [1.29, 1.82) is 0 Å². The second-order valence-electron chi connectivity index (χ2n) is 6.48. The molecule has 1 saturated carbocycles. The molecule has 6 heteroatoms. The van der Waals surface area contributed by atoms with Gasteiger partial charge in [-0.1, -0.05) is 6.92 Å². The van der Waals surface area contributed by atoms with Crippen LogP contribution >= 0.6 is 0 Å². The minimum atomic E-state index is -0.290. The number of hydrogen-bond donors (Lipinski definition) is 2. The molecule has 1 aromatic carbocycles. The summed E-state index contributed by atoms with van der Waals surface area (Å²) in [4.78, 5) is 23.4. The number of benzene rings is 1. The second kappa shape index (κ2) is 7.47. The number of carbonyl (C=O) groups excluding carboxylic acids is 2. The maximum absolute atomic E-state index is 12.1. The zero-order valence-electron chi connectivity index (χ0n) is 15.0. The standard InChI is InChI=1S/C20H22N2O4/c1-12-10-16(12)18-8-5-15(26-18)6-9-20(24)22-14-4-7-19(25-3)17(11-14)21-13(2)23/h4-9,11-12,16H,10H2,1-3H3,(H,21,23)(H,22,24)/b9-6+. The quantitative estimate of drug-likeness (QED) is 0.768. The van der Waals surface area contributed by atoms with Gasteiger partial charge in [-0.15, -0.1) is 0 Å². The van der Waals surface area contributed by atoms with Crippen molar-refractivity contribution in [2.45, 2.75) is 26.2 Å². The summed E-state index contributed by atoms with van der Waals surface area (Å²) in [7, 11) is 1.52. The fraction of sp³-hybridized carbons (Fsp3) is 0.300. The number of hydrogen-bond acceptors (Lipinski definition) is 4. The van der Waals surface area contributed by atoms with E-state index in [1.165, 1.54) is 20.1 Å². The van der Waals surface area contributed by atoms with Crippen molar-refractivity contribution in [1.82, 2.24) is 0 Å². The van der Waals surface area contributed by atoms with Crippen LogP contribution in [0.25, 0.3) is 6.08 Å². The number of nitrogens with one attached hydrogen (secondary N) is 2. The van der Waals surface area contributed by atoms with Crippen LogP contribution in [-0.2, 0) is 9.59 Å². The first-order chi connectivity index (χ1) is 12.5. The van der Waals surface area contributed by atoms with Crippen molar-refractivity contribution in [3.8, 4) is 5.75 Å². The van der Waals surface area contributed by atoms with Crippen LogP contribution < -0.4 is 15.4 Å². The molecule has 0 radical (unpaired) electrons. The highest BCUT2D eigenvalue weighted by Crippen LogP contribution is 2.47. The normalized spacial score (nSPS) is 18.6. The molecule has 1 fully saturated rings. The molecule has 2 aromatic rings. The van der Waals surface area contributed by atoms with Crippen molar-refractivity contribution in [3.05, 3.63) is 47.9 Å². The lowest BCUT2D eigenvalue weighted by atomic mass is 10.2. The van der Waals surface area contributed by atoms with E-state index in [9.17, 15) is 9.59 Å². The summed E-state index contributed by atoms with van der Waals surface area (Å²) in [5.74, 6) is 2.83. The van der Waals surface area contributed by atoms with E-state index in [2.05, 4.69) is 17.6 Å². The Morgan fingerprint density at radius 2 is 2.00 bits per heavy atom. The smallest absolute Gasteiger partial charge is 0.248 e. The highest BCUT2D eigenvalue weighted by atomic mass is 16.5. The maximum atomic E-state index is 12.1. The molecular formula is C20H22N2O4. The Bertz CT molecular complexity index is 853. The molecule has 1 aliphatic carbocycles. The van der Waals surface area contributed by atoms with Gasteiger partial charge in [-0.25, -0.2) is 0 Å². The third-order valence-corrected chi connectivity index (χ3v) is 4.30. The molecule has 2 atom stereocenters. The van der Waals surface area contributed by atoms with Gasteiger partial charge in [-0.05, 0) is 48.7 Å². The fourth-order valence-electron chi connectivity index (χ4n) is 2.79. The first-order valence-electron chi connectivity index (χ1n) is 8.50. The van der Waals surface area contributed by atoms with E-state index in [0.29, 0.717) is 34.7 Å². The number of furan rings is 1. The Morgan fingerprint density at radius 3 is 2.65 bits per heavy atom. The van der Waals surface area contributed by atoms with Crippen LogP contribution in [0.4, 0.5) is 11.4 Å². The Kier molecular flexibility index (Phi) is 5.11. The van der Waals surface area contributed by atoms with Gasteiger partial charge in [0.2, 0.25) is 11.8 Å². The van der Waals surface area contributed by atoms with Crippen LogP contribution in [0.2, 0.25) is 0 Å². The van der Waals surface area contributed by atoms with Gasteiger partial charge in [0.25, 0.3) is 0 Å². The van der Waals surface area contributed by atoms with Crippen LogP contribution in [0, 0.1) is 5.92 Å². The van der Waals surface area contributed by atoms with Crippen LogP contribution in [0.15, 0.2) is 40.8 Å². The first kappa shape index (κ1) is 17.8. The molecule has 2 unspecified atom stereocenters. The predicted octanol–water partition coefficient (Wildman–Crippen LogP) is 4.02. The molecule has 0 aliphatic heterocycles. The van der Waals surface area contributed by atoms with E-state index >= 15 is 0 Å². The summed E-state index contributed by atoms with van der Waals surface area (Å²) in [5, 5.41) is 5.42. The van der Waals surface area contributed by atoms with Crippen molar-refractivity contribution < 1.29 is 18.7 Å². The molecule has 2 amide bonds. The average Bonchev–Trinajstić information content (AvgIpc) is 3.14. The molecule has 1 aromatic heterocycles. The van der Waals surface area contributed by atoms with Gasteiger partial charge in [0.15, 0.2) is 0 Å². The summed E-state index contributed by atoms with van der Waals surface area (Å²) in [5.41, 5.74) is 1.05. The SMILES string of the molecule is COc1ccc(NC(=O)/C=C/c2ccc(C3CC3C)o2)cc1NC(C)=O. The molecule has 0 spiro atoms. The fourth-order valence-corrected chi connectivity index (χ4v) is 2.79.